The van der Waals surface area contributed by atoms with Crippen LogP contribution in [0.4, 0.5) is 10.5 Å². The molecule has 29 heavy (non-hydrogen) atoms. The van der Waals surface area contributed by atoms with Gasteiger partial charge in [0.1, 0.15) is 15.2 Å². The normalized spacial score (nSPS) is 20.2. The molecule has 2 heterocycles. The summed E-state index contributed by atoms with van der Waals surface area (Å²) in [7, 11) is 0. The molecule has 0 spiro atoms. The van der Waals surface area contributed by atoms with Crippen molar-refractivity contribution in [3.8, 4) is 0 Å². The summed E-state index contributed by atoms with van der Waals surface area (Å²) in [6.45, 7) is 7.67. The minimum absolute atomic E-state index is 0.135. The third kappa shape index (κ3) is 5.27. The SMILES string of the molecule is CC(C)(C)OC(=O)N1CCN(C(=S)S[C@@H]2CC(=O)N(c3ccccc3)C2=O)CC1. The van der Waals surface area contributed by atoms with Crippen LogP contribution in [0.3, 0.4) is 0 Å². The molecule has 0 unspecified atom stereocenters. The molecule has 1 aromatic rings. The van der Waals surface area contributed by atoms with E-state index in [1.54, 1.807) is 29.2 Å². The highest BCUT2D eigenvalue weighted by atomic mass is 32.2. The standard InChI is InChI=1S/C20H25N3O4S2/c1-20(2,3)27-18(26)21-9-11-22(12-10-21)19(28)29-15-13-16(24)23(17(15)25)14-7-5-4-6-8-14/h4-8,15H,9-13H2,1-3H3/t15-/m1/s1. The van der Waals surface area contributed by atoms with Crippen LogP contribution in [0, 0.1) is 0 Å². The molecule has 0 aromatic heterocycles. The molecule has 1 aromatic carbocycles. The number of carbonyl (C=O) groups is 3. The molecular weight excluding hydrogens is 410 g/mol. The molecule has 3 rings (SSSR count). The monoisotopic (exact) mass is 435 g/mol. The Morgan fingerprint density at radius 1 is 1.07 bits per heavy atom. The summed E-state index contributed by atoms with van der Waals surface area (Å²) in [6.07, 6.45) is -0.193. The van der Waals surface area contributed by atoms with Gasteiger partial charge in [0, 0.05) is 32.6 Å². The van der Waals surface area contributed by atoms with Gasteiger partial charge in [0.25, 0.3) is 0 Å². The van der Waals surface area contributed by atoms with E-state index in [2.05, 4.69) is 0 Å². The third-order valence-corrected chi connectivity index (χ3v) is 6.21. The predicted molar refractivity (Wildman–Crippen MR) is 117 cm³/mol. The number of thiocarbonyl (C=S) groups is 1. The lowest BCUT2D eigenvalue weighted by molar-refractivity contribution is -0.121. The Hall–Kier alpha value is -2.13. The van der Waals surface area contributed by atoms with Gasteiger partial charge in [-0.2, -0.15) is 0 Å². The van der Waals surface area contributed by atoms with Gasteiger partial charge in [0.2, 0.25) is 11.8 Å². The number of hydrogen-bond donors (Lipinski definition) is 0. The molecule has 1 atom stereocenters. The van der Waals surface area contributed by atoms with Crippen molar-refractivity contribution in [1.29, 1.82) is 0 Å². The van der Waals surface area contributed by atoms with E-state index in [1.807, 2.05) is 31.7 Å². The van der Waals surface area contributed by atoms with E-state index in [0.717, 1.165) is 0 Å². The molecule has 3 amide bonds. The van der Waals surface area contributed by atoms with E-state index in [4.69, 9.17) is 17.0 Å². The second-order valence-corrected chi connectivity index (χ2v) is 9.77. The van der Waals surface area contributed by atoms with Crippen LogP contribution >= 0.6 is 24.0 Å². The number of thioether (sulfide) groups is 1. The van der Waals surface area contributed by atoms with Gasteiger partial charge >= 0.3 is 6.09 Å². The first-order chi connectivity index (χ1) is 13.7. The zero-order valence-corrected chi connectivity index (χ0v) is 18.4. The van der Waals surface area contributed by atoms with Crippen LogP contribution in [-0.4, -0.2) is 69.1 Å². The van der Waals surface area contributed by atoms with E-state index in [-0.39, 0.29) is 24.3 Å². The Bertz CT molecular complexity index is 802. The van der Waals surface area contributed by atoms with E-state index >= 15 is 0 Å². The predicted octanol–water partition coefficient (Wildman–Crippen LogP) is 2.89. The molecule has 2 aliphatic rings. The molecule has 0 radical (unpaired) electrons. The summed E-state index contributed by atoms with van der Waals surface area (Å²) in [5, 5.41) is -0.515. The number of piperazine rings is 1. The number of hydrogen-bond acceptors (Lipinski definition) is 6. The van der Waals surface area contributed by atoms with Crippen LogP contribution in [0.1, 0.15) is 27.2 Å². The average Bonchev–Trinajstić information content (AvgIpc) is 2.94. The van der Waals surface area contributed by atoms with Gasteiger partial charge in [0.15, 0.2) is 0 Å². The Balaban J connectivity index is 1.53. The summed E-state index contributed by atoms with van der Waals surface area (Å²) in [6, 6.07) is 8.93. The van der Waals surface area contributed by atoms with Crippen LogP contribution in [-0.2, 0) is 14.3 Å². The first-order valence-corrected chi connectivity index (χ1v) is 10.8. The van der Waals surface area contributed by atoms with Crippen LogP contribution in [0.15, 0.2) is 30.3 Å². The molecule has 2 fully saturated rings. The van der Waals surface area contributed by atoms with Crippen molar-refractivity contribution >= 4 is 51.9 Å². The Kier molecular flexibility index (Phi) is 6.48. The quantitative estimate of drug-likeness (QED) is 0.523. The lowest BCUT2D eigenvalue weighted by Crippen LogP contribution is -2.51. The van der Waals surface area contributed by atoms with Crippen molar-refractivity contribution < 1.29 is 19.1 Å². The molecule has 2 saturated heterocycles. The van der Waals surface area contributed by atoms with E-state index in [9.17, 15) is 14.4 Å². The van der Waals surface area contributed by atoms with Gasteiger partial charge in [-0.15, -0.1) is 0 Å². The van der Waals surface area contributed by atoms with E-state index in [0.29, 0.717) is 36.2 Å². The lowest BCUT2D eigenvalue weighted by Gasteiger charge is -2.36. The largest absolute Gasteiger partial charge is 0.444 e. The number of benzene rings is 1. The van der Waals surface area contributed by atoms with E-state index in [1.165, 1.54) is 16.7 Å². The molecule has 0 saturated carbocycles. The fraction of sp³-hybridized carbons (Fsp3) is 0.500. The van der Waals surface area contributed by atoms with Gasteiger partial charge in [-0.3, -0.25) is 9.59 Å². The third-order valence-electron chi connectivity index (χ3n) is 4.55. The molecule has 156 valence electrons. The lowest BCUT2D eigenvalue weighted by atomic mass is 10.2. The molecule has 0 aliphatic carbocycles. The highest BCUT2D eigenvalue weighted by Gasteiger charge is 2.41. The fourth-order valence-corrected chi connectivity index (χ4v) is 4.68. The first kappa shape index (κ1) is 21.6. The Labute approximate surface area is 180 Å². The highest BCUT2D eigenvalue weighted by Crippen LogP contribution is 2.31. The summed E-state index contributed by atoms with van der Waals surface area (Å²) < 4.78 is 5.98. The molecule has 0 bridgehead atoms. The zero-order valence-electron chi connectivity index (χ0n) is 16.8. The van der Waals surface area contributed by atoms with Crippen molar-refractivity contribution in [2.45, 2.75) is 38.0 Å². The van der Waals surface area contributed by atoms with Crippen molar-refractivity contribution in [1.82, 2.24) is 9.80 Å². The highest BCUT2D eigenvalue weighted by molar-refractivity contribution is 8.23. The molecule has 0 N–H and O–H groups in total. The number of nitrogens with zero attached hydrogens (tertiary/aromatic N) is 3. The zero-order chi connectivity index (χ0) is 21.2. The number of anilines is 1. The molecule has 9 heteroatoms. The topological polar surface area (TPSA) is 70.2 Å². The van der Waals surface area contributed by atoms with Crippen LogP contribution in [0.5, 0.6) is 0 Å². The van der Waals surface area contributed by atoms with Gasteiger partial charge in [0.05, 0.1) is 5.69 Å². The maximum Gasteiger partial charge on any atom is 0.410 e. The summed E-state index contributed by atoms with van der Waals surface area (Å²) in [4.78, 5) is 42.2. The van der Waals surface area contributed by atoms with E-state index < -0.39 is 10.9 Å². The minimum atomic E-state index is -0.528. The van der Waals surface area contributed by atoms with Gasteiger partial charge in [-0.05, 0) is 32.9 Å². The first-order valence-electron chi connectivity index (χ1n) is 9.51. The fourth-order valence-electron chi connectivity index (χ4n) is 3.14. The van der Waals surface area contributed by atoms with Crippen LogP contribution in [0.2, 0.25) is 0 Å². The van der Waals surface area contributed by atoms with Gasteiger partial charge in [-0.1, -0.05) is 42.2 Å². The Morgan fingerprint density at radius 2 is 1.66 bits per heavy atom. The smallest absolute Gasteiger partial charge is 0.410 e. The number of ether oxygens (including phenoxy) is 1. The van der Waals surface area contributed by atoms with Crippen molar-refractivity contribution in [2.75, 3.05) is 31.1 Å². The average molecular weight is 436 g/mol. The van der Waals surface area contributed by atoms with Gasteiger partial charge in [-0.25, -0.2) is 9.69 Å². The minimum Gasteiger partial charge on any atom is -0.444 e. The second kappa shape index (κ2) is 8.71. The number of carbonyl (C=O) groups excluding carboxylic acids is 3. The summed E-state index contributed by atoms with van der Waals surface area (Å²) >= 11 is 6.78. The number of amides is 3. The summed E-state index contributed by atoms with van der Waals surface area (Å²) in [5.41, 5.74) is 0.0572. The van der Waals surface area contributed by atoms with Gasteiger partial charge < -0.3 is 14.5 Å². The molecule has 7 nitrogen and oxygen atoms in total. The number of imide groups is 1. The number of rotatable bonds is 2. The van der Waals surface area contributed by atoms with Crippen molar-refractivity contribution in [3.63, 3.8) is 0 Å². The number of para-hydroxylation sites is 1. The van der Waals surface area contributed by atoms with Crippen molar-refractivity contribution in [2.24, 2.45) is 0 Å². The second-order valence-electron chi connectivity index (χ2n) is 7.93. The Morgan fingerprint density at radius 3 is 2.24 bits per heavy atom. The maximum atomic E-state index is 12.7. The maximum absolute atomic E-state index is 12.7. The van der Waals surface area contributed by atoms with Crippen molar-refractivity contribution in [3.05, 3.63) is 30.3 Å². The van der Waals surface area contributed by atoms with Crippen LogP contribution < -0.4 is 4.90 Å². The molecule has 2 aliphatic heterocycles. The molecular formula is C20H25N3O4S2. The summed E-state index contributed by atoms with van der Waals surface area (Å²) in [5.74, 6) is -0.447. The van der Waals surface area contributed by atoms with Crippen LogP contribution in [0.25, 0.3) is 0 Å².